The normalized spacial score (nSPS) is 11.8. The quantitative estimate of drug-likeness (QED) is 0.547. The first-order valence-corrected chi connectivity index (χ1v) is 10.0. The van der Waals surface area contributed by atoms with E-state index >= 15 is 0 Å². The molecule has 144 valence electrons. The van der Waals surface area contributed by atoms with E-state index < -0.39 is 0 Å². The van der Waals surface area contributed by atoms with Gasteiger partial charge in [-0.15, -0.1) is 11.3 Å². The van der Waals surface area contributed by atoms with Crippen molar-refractivity contribution in [3.05, 3.63) is 92.9 Å². The zero-order chi connectivity index (χ0) is 20.1. The van der Waals surface area contributed by atoms with Crippen molar-refractivity contribution in [3.63, 3.8) is 0 Å². The lowest BCUT2D eigenvalue weighted by Gasteiger charge is -2.18. The first-order chi connectivity index (χ1) is 13.4. The van der Waals surface area contributed by atoms with Crippen LogP contribution in [0.5, 0.6) is 0 Å². The molecule has 3 nitrogen and oxygen atoms in total. The zero-order valence-electron chi connectivity index (χ0n) is 15.9. The number of aryl methyl sites for hydroxylation is 2. The molecule has 1 N–H and O–H groups in total. The Morgan fingerprint density at radius 1 is 1.00 bits per heavy atom. The van der Waals surface area contributed by atoms with Gasteiger partial charge in [-0.05, 0) is 60.2 Å². The Kier molecular flexibility index (Phi) is 6.37. The highest BCUT2D eigenvalue weighted by molar-refractivity contribution is 7.10. The summed E-state index contributed by atoms with van der Waals surface area (Å²) in [5.74, 6) is -0.577. The maximum absolute atomic E-state index is 13.3. The van der Waals surface area contributed by atoms with Gasteiger partial charge in [0.15, 0.2) is 5.78 Å². The molecule has 1 amide bonds. The Bertz CT molecular complexity index is 965. The number of halogens is 1. The molecule has 0 bridgehead atoms. The van der Waals surface area contributed by atoms with Gasteiger partial charge in [-0.2, -0.15) is 0 Å². The maximum Gasteiger partial charge on any atom is 0.221 e. The second-order valence-corrected chi connectivity index (χ2v) is 7.77. The van der Waals surface area contributed by atoms with Crippen molar-refractivity contribution in [2.24, 2.45) is 0 Å². The van der Waals surface area contributed by atoms with Gasteiger partial charge in [-0.1, -0.05) is 30.3 Å². The lowest BCUT2D eigenvalue weighted by molar-refractivity contribution is -0.121. The van der Waals surface area contributed by atoms with Crippen molar-refractivity contribution < 1.29 is 14.0 Å². The number of carbonyl (C=O) groups is 2. The topological polar surface area (TPSA) is 46.2 Å². The highest BCUT2D eigenvalue weighted by Crippen LogP contribution is 2.26. The van der Waals surface area contributed by atoms with Crippen LogP contribution in [0.1, 0.15) is 50.8 Å². The second-order valence-electron chi connectivity index (χ2n) is 6.79. The minimum Gasteiger partial charge on any atom is -0.344 e. The smallest absolute Gasteiger partial charge is 0.221 e. The number of rotatable bonds is 7. The van der Waals surface area contributed by atoms with Crippen LogP contribution in [0.15, 0.2) is 60.0 Å². The lowest BCUT2D eigenvalue weighted by Crippen LogP contribution is -2.29. The van der Waals surface area contributed by atoms with Crippen LogP contribution in [0.4, 0.5) is 4.39 Å². The molecule has 0 saturated carbocycles. The highest BCUT2D eigenvalue weighted by Gasteiger charge is 2.19. The highest BCUT2D eigenvalue weighted by atomic mass is 32.1. The standard InChI is InChI=1S/C23H22FNO2S/c1-15-5-6-18(14-16(15)2)20(26)11-12-22(27)25-23(21-4-3-13-28-21)17-7-9-19(24)10-8-17/h3-10,13-14,23H,11-12H2,1-2H3,(H,25,27). The van der Waals surface area contributed by atoms with Crippen LogP contribution in [0, 0.1) is 19.7 Å². The van der Waals surface area contributed by atoms with Crippen molar-refractivity contribution in [1.82, 2.24) is 5.32 Å². The van der Waals surface area contributed by atoms with E-state index in [1.165, 1.54) is 23.5 Å². The fourth-order valence-corrected chi connectivity index (χ4v) is 3.75. The first-order valence-electron chi connectivity index (χ1n) is 9.12. The number of hydrogen-bond acceptors (Lipinski definition) is 3. The third-order valence-electron chi connectivity index (χ3n) is 4.74. The van der Waals surface area contributed by atoms with Gasteiger partial charge < -0.3 is 5.32 Å². The predicted octanol–water partition coefficient (Wildman–Crippen LogP) is 5.37. The summed E-state index contributed by atoms with van der Waals surface area (Å²) in [5.41, 5.74) is 3.62. The molecule has 0 radical (unpaired) electrons. The zero-order valence-corrected chi connectivity index (χ0v) is 16.7. The Morgan fingerprint density at radius 2 is 1.75 bits per heavy atom. The molecule has 5 heteroatoms. The van der Waals surface area contributed by atoms with Crippen LogP contribution in [0.25, 0.3) is 0 Å². The van der Waals surface area contributed by atoms with E-state index in [1.54, 1.807) is 18.2 Å². The molecule has 28 heavy (non-hydrogen) atoms. The Balaban J connectivity index is 1.66. The summed E-state index contributed by atoms with van der Waals surface area (Å²) in [6, 6.07) is 15.2. The molecule has 0 saturated heterocycles. The van der Waals surface area contributed by atoms with E-state index in [0.717, 1.165) is 21.6 Å². The van der Waals surface area contributed by atoms with Gasteiger partial charge >= 0.3 is 0 Å². The molecule has 1 atom stereocenters. The fourth-order valence-electron chi connectivity index (χ4n) is 2.95. The molecule has 1 heterocycles. The van der Waals surface area contributed by atoms with Gasteiger partial charge in [0.2, 0.25) is 5.91 Å². The summed E-state index contributed by atoms with van der Waals surface area (Å²) in [5, 5.41) is 4.91. The van der Waals surface area contributed by atoms with E-state index in [0.29, 0.717) is 5.56 Å². The molecular weight excluding hydrogens is 373 g/mol. The van der Waals surface area contributed by atoms with E-state index in [4.69, 9.17) is 0 Å². The molecule has 0 spiro atoms. The third-order valence-corrected chi connectivity index (χ3v) is 5.68. The van der Waals surface area contributed by atoms with Gasteiger partial charge in [0.1, 0.15) is 5.82 Å². The summed E-state index contributed by atoms with van der Waals surface area (Å²) in [6.45, 7) is 3.96. The third kappa shape index (κ3) is 4.93. The van der Waals surface area contributed by atoms with E-state index in [-0.39, 0.29) is 36.4 Å². The van der Waals surface area contributed by atoms with Crippen LogP contribution in [-0.2, 0) is 4.79 Å². The van der Waals surface area contributed by atoms with Crippen LogP contribution in [-0.4, -0.2) is 11.7 Å². The molecule has 1 aromatic heterocycles. The van der Waals surface area contributed by atoms with Crippen LogP contribution < -0.4 is 5.32 Å². The second kappa shape index (κ2) is 8.93. The van der Waals surface area contributed by atoms with E-state index in [2.05, 4.69) is 5.32 Å². The number of thiophene rings is 1. The number of hydrogen-bond donors (Lipinski definition) is 1. The summed E-state index contributed by atoms with van der Waals surface area (Å²) >= 11 is 1.52. The largest absolute Gasteiger partial charge is 0.344 e. The molecule has 3 rings (SSSR count). The molecule has 0 aliphatic rings. The predicted molar refractivity (Wildman–Crippen MR) is 110 cm³/mol. The molecule has 0 aliphatic carbocycles. The van der Waals surface area contributed by atoms with E-state index in [9.17, 15) is 14.0 Å². The summed E-state index contributed by atoms with van der Waals surface area (Å²) in [7, 11) is 0. The van der Waals surface area contributed by atoms with Crippen LogP contribution >= 0.6 is 11.3 Å². The Labute approximate surface area is 168 Å². The SMILES string of the molecule is Cc1ccc(C(=O)CCC(=O)NC(c2ccc(F)cc2)c2cccs2)cc1C. The molecule has 0 aliphatic heterocycles. The van der Waals surface area contributed by atoms with Gasteiger partial charge in [0, 0.05) is 23.3 Å². The van der Waals surface area contributed by atoms with Crippen molar-refractivity contribution in [2.45, 2.75) is 32.7 Å². The van der Waals surface area contributed by atoms with Crippen molar-refractivity contribution >= 4 is 23.0 Å². The monoisotopic (exact) mass is 395 g/mol. The first kappa shape index (κ1) is 20.0. The van der Waals surface area contributed by atoms with Gasteiger partial charge in [-0.3, -0.25) is 9.59 Å². The Morgan fingerprint density at radius 3 is 2.39 bits per heavy atom. The van der Waals surface area contributed by atoms with Gasteiger partial charge in [0.05, 0.1) is 6.04 Å². The van der Waals surface area contributed by atoms with Gasteiger partial charge in [0.25, 0.3) is 0 Å². The summed E-state index contributed by atoms with van der Waals surface area (Å²) in [4.78, 5) is 25.9. The average molecular weight is 395 g/mol. The molecular formula is C23H22FNO2S. The number of carbonyl (C=O) groups excluding carboxylic acids is 2. The molecule has 2 aromatic carbocycles. The van der Waals surface area contributed by atoms with Gasteiger partial charge in [-0.25, -0.2) is 4.39 Å². The Hall–Kier alpha value is -2.79. The van der Waals surface area contributed by atoms with Crippen molar-refractivity contribution in [2.75, 3.05) is 0 Å². The minimum atomic E-state index is -0.357. The average Bonchev–Trinajstić information content (AvgIpc) is 3.21. The van der Waals surface area contributed by atoms with E-state index in [1.807, 2.05) is 43.5 Å². The van der Waals surface area contributed by atoms with Crippen LogP contribution in [0.2, 0.25) is 0 Å². The lowest BCUT2D eigenvalue weighted by atomic mass is 10.0. The summed E-state index contributed by atoms with van der Waals surface area (Å²) < 4.78 is 13.3. The number of ketones is 1. The molecule has 3 aromatic rings. The van der Waals surface area contributed by atoms with Crippen molar-refractivity contribution in [1.29, 1.82) is 0 Å². The number of amides is 1. The van der Waals surface area contributed by atoms with Crippen molar-refractivity contribution in [3.8, 4) is 0 Å². The summed E-state index contributed by atoms with van der Waals surface area (Å²) in [6.07, 6.45) is 0.254. The number of nitrogens with one attached hydrogen (secondary N) is 1. The minimum absolute atomic E-state index is 0.0484. The number of Topliss-reactive ketones (excluding diaryl/α,β-unsaturated/α-hetero) is 1. The molecule has 1 unspecified atom stereocenters. The maximum atomic E-state index is 13.3. The number of benzene rings is 2. The molecule has 0 fully saturated rings. The fraction of sp³-hybridized carbons (Fsp3) is 0.217. The van der Waals surface area contributed by atoms with Crippen LogP contribution in [0.3, 0.4) is 0 Å².